The van der Waals surface area contributed by atoms with Gasteiger partial charge in [0.1, 0.15) is 18.2 Å². The summed E-state index contributed by atoms with van der Waals surface area (Å²) in [5, 5.41) is 19.8. The van der Waals surface area contributed by atoms with Crippen LogP contribution < -0.4 is 0 Å². The summed E-state index contributed by atoms with van der Waals surface area (Å²) in [5.74, 6) is -1.35. The van der Waals surface area contributed by atoms with Gasteiger partial charge >= 0.3 is 5.97 Å². The van der Waals surface area contributed by atoms with E-state index in [1.165, 1.54) is 16.4 Å². The minimum Gasteiger partial charge on any atom is -0.507 e. The van der Waals surface area contributed by atoms with Crippen molar-refractivity contribution in [3.63, 3.8) is 0 Å². The lowest BCUT2D eigenvalue weighted by atomic mass is 10.2. The second-order valence-electron chi connectivity index (χ2n) is 6.84. The minimum atomic E-state index is -3.82. The van der Waals surface area contributed by atoms with Crippen LogP contribution in [-0.2, 0) is 14.8 Å². The number of H-pyrrole nitrogens is 1. The monoisotopic (exact) mass is 488 g/mol. The highest BCUT2D eigenvalue weighted by Gasteiger charge is 2.24. The zero-order chi connectivity index (χ0) is 24.2. The number of benzene rings is 2. The van der Waals surface area contributed by atoms with Crippen molar-refractivity contribution in [3.8, 4) is 6.07 Å². The number of aromatic amines is 1. The Bertz CT molecular complexity index is 1340. The van der Waals surface area contributed by atoms with Crippen LogP contribution in [0.5, 0.6) is 0 Å². The van der Waals surface area contributed by atoms with Gasteiger partial charge in [0.05, 0.1) is 26.5 Å². The molecule has 0 bridgehead atoms. The number of hydrogen-bond donors (Lipinski definition) is 2. The first kappa shape index (κ1) is 24.3. The molecule has 11 heteroatoms. The Morgan fingerprint density at radius 1 is 1.24 bits per heavy atom. The minimum absolute atomic E-state index is 0.0141. The summed E-state index contributed by atoms with van der Waals surface area (Å²) in [7, 11) is -3.82. The largest absolute Gasteiger partial charge is 0.507 e. The average molecular weight is 489 g/mol. The second-order valence-corrected chi connectivity index (χ2v) is 9.19. The average Bonchev–Trinajstić information content (AvgIpc) is 3.22. The van der Waals surface area contributed by atoms with Gasteiger partial charge in [-0.15, -0.1) is 0 Å². The first-order valence-corrected chi connectivity index (χ1v) is 11.8. The summed E-state index contributed by atoms with van der Waals surface area (Å²) in [6.07, 6.45) is 0. The second kappa shape index (κ2) is 10.0. The van der Waals surface area contributed by atoms with Crippen molar-refractivity contribution in [1.82, 2.24) is 14.3 Å². The third-order valence-corrected chi connectivity index (χ3v) is 7.24. The Kier molecular flexibility index (Phi) is 7.38. The van der Waals surface area contributed by atoms with E-state index in [-0.39, 0.29) is 40.0 Å². The van der Waals surface area contributed by atoms with Gasteiger partial charge in [0.15, 0.2) is 11.6 Å². The van der Waals surface area contributed by atoms with Crippen LogP contribution in [0.15, 0.2) is 53.1 Å². The Morgan fingerprint density at radius 3 is 2.58 bits per heavy atom. The Balaban J connectivity index is 1.84. The Morgan fingerprint density at radius 2 is 1.94 bits per heavy atom. The number of allylic oxidation sites excluding steroid dienone is 1. The maximum absolute atomic E-state index is 12.7. The number of aliphatic hydroxyl groups is 1. The van der Waals surface area contributed by atoms with E-state index in [4.69, 9.17) is 16.3 Å². The number of carbonyl (C=O) groups excluding carboxylic acids is 1. The van der Waals surface area contributed by atoms with Crippen LogP contribution in [0.1, 0.15) is 30.0 Å². The first-order valence-electron chi connectivity index (χ1n) is 9.97. The number of nitriles is 1. The lowest BCUT2D eigenvalue weighted by Gasteiger charge is -2.19. The van der Waals surface area contributed by atoms with Crippen molar-refractivity contribution >= 4 is 44.2 Å². The molecule has 0 amide bonds. The third kappa shape index (κ3) is 5.01. The van der Waals surface area contributed by atoms with Gasteiger partial charge in [-0.25, -0.2) is 18.2 Å². The molecule has 2 N–H and O–H groups in total. The predicted octanol–water partition coefficient (Wildman–Crippen LogP) is 3.90. The van der Waals surface area contributed by atoms with Crippen molar-refractivity contribution < 1.29 is 23.1 Å². The maximum atomic E-state index is 12.7. The van der Waals surface area contributed by atoms with Crippen LogP contribution in [0.25, 0.3) is 16.6 Å². The number of nitrogens with zero attached hydrogens (tertiary/aromatic N) is 3. The molecule has 0 saturated carbocycles. The lowest BCUT2D eigenvalue weighted by Crippen LogP contribution is -2.30. The molecule has 0 fully saturated rings. The summed E-state index contributed by atoms with van der Waals surface area (Å²) in [5.41, 5.74) is 0.897. The van der Waals surface area contributed by atoms with Crippen LogP contribution in [0.3, 0.4) is 0 Å². The highest BCUT2D eigenvalue weighted by Crippen LogP contribution is 2.24. The van der Waals surface area contributed by atoms with Crippen molar-refractivity contribution in [2.75, 3.05) is 19.7 Å². The summed E-state index contributed by atoms with van der Waals surface area (Å²) >= 11 is 6.08. The fourth-order valence-corrected chi connectivity index (χ4v) is 4.82. The van der Waals surface area contributed by atoms with Crippen LogP contribution in [0.4, 0.5) is 0 Å². The van der Waals surface area contributed by atoms with Crippen molar-refractivity contribution in [1.29, 1.82) is 5.26 Å². The normalized spacial score (nSPS) is 12.5. The smallest absolute Gasteiger partial charge is 0.340 e. The number of carbonyl (C=O) groups is 1. The predicted molar refractivity (Wildman–Crippen MR) is 123 cm³/mol. The van der Waals surface area contributed by atoms with E-state index in [1.54, 1.807) is 38.1 Å². The number of nitrogens with one attached hydrogen (secondary N) is 1. The maximum Gasteiger partial charge on any atom is 0.340 e. The summed E-state index contributed by atoms with van der Waals surface area (Å²) < 4.78 is 31.8. The van der Waals surface area contributed by atoms with Gasteiger partial charge in [0.2, 0.25) is 10.0 Å². The number of sulfonamides is 1. The molecule has 0 aliphatic heterocycles. The first-order chi connectivity index (χ1) is 15.7. The number of halogens is 1. The summed E-state index contributed by atoms with van der Waals surface area (Å²) in [4.78, 5) is 19.6. The van der Waals surface area contributed by atoms with E-state index in [0.717, 1.165) is 6.07 Å². The standard InChI is InChI=1S/C22H21ClN4O5S/c1-3-27(4-2)33(30,31)14-9-10-17(23)15(11-14)22(29)32-13-20(28)16(12-24)21-25-18-7-5-6-8-19(18)26-21/h5-11,28H,3-4,13H2,1-2H3,(H,25,26)/b20-16-. The number of aliphatic hydroxyl groups excluding tert-OH is 1. The zero-order valence-electron chi connectivity index (χ0n) is 17.9. The van der Waals surface area contributed by atoms with E-state index in [1.807, 2.05) is 6.07 Å². The molecule has 2 aromatic carbocycles. The van der Waals surface area contributed by atoms with E-state index in [0.29, 0.717) is 11.0 Å². The molecule has 9 nitrogen and oxygen atoms in total. The molecule has 0 atom stereocenters. The van der Waals surface area contributed by atoms with Crippen molar-refractivity contribution in [3.05, 3.63) is 64.6 Å². The number of fused-ring (bicyclic) bond motifs is 1. The lowest BCUT2D eigenvalue weighted by molar-refractivity contribution is 0.0502. The molecular formula is C22H21ClN4O5S. The third-order valence-electron chi connectivity index (χ3n) is 4.87. The number of imidazole rings is 1. The van der Waals surface area contributed by atoms with Crippen molar-refractivity contribution in [2.45, 2.75) is 18.7 Å². The van der Waals surface area contributed by atoms with Crippen LogP contribution in [0.2, 0.25) is 5.02 Å². The fourth-order valence-electron chi connectivity index (χ4n) is 3.14. The molecule has 0 aliphatic rings. The molecular weight excluding hydrogens is 468 g/mol. The van der Waals surface area contributed by atoms with Gasteiger partial charge in [0.25, 0.3) is 0 Å². The molecule has 172 valence electrons. The molecule has 0 spiro atoms. The highest BCUT2D eigenvalue weighted by molar-refractivity contribution is 7.89. The zero-order valence-corrected chi connectivity index (χ0v) is 19.4. The molecule has 0 aliphatic carbocycles. The Labute approximate surface area is 195 Å². The molecule has 3 aromatic rings. The van der Waals surface area contributed by atoms with Gasteiger partial charge in [-0.1, -0.05) is 37.6 Å². The molecule has 0 radical (unpaired) electrons. The number of ether oxygens (including phenoxy) is 1. The number of hydrogen-bond acceptors (Lipinski definition) is 7. The number of aromatic nitrogens is 2. The Hall–Kier alpha value is -3.39. The molecule has 0 unspecified atom stereocenters. The van der Waals surface area contributed by atoms with E-state index in [9.17, 15) is 23.6 Å². The van der Waals surface area contributed by atoms with Gasteiger partial charge in [-0.3, -0.25) is 0 Å². The molecule has 3 rings (SSSR count). The van der Waals surface area contributed by atoms with Gasteiger partial charge in [-0.2, -0.15) is 9.57 Å². The molecule has 33 heavy (non-hydrogen) atoms. The topological polar surface area (TPSA) is 136 Å². The molecule has 1 heterocycles. The van der Waals surface area contributed by atoms with Gasteiger partial charge in [0, 0.05) is 13.1 Å². The van der Waals surface area contributed by atoms with Crippen LogP contribution in [0, 0.1) is 11.3 Å². The van der Waals surface area contributed by atoms with Gasteiger partial charge < -0.3 is 14.8 Å². The molecule has 1 aromatic heterocycles. The number of esters is 1. The summed E-state index contributed by atoms with van der Waals surface area (Å²) in [6.45, 7) is 3.30. The van der Waals surface area contributed by atoms with E-state index < -0.39 is 28.4 Å². The van der Waals surface area contributed by atoms with Crippen LogP contribution in [-0.4, -0.2) is 53.5 Å². The quantitative estimate of drug-likeness (QED) is 0.278. The number of para-hydroxylation sites is 2. The SMILES string of the molecule is CCN(CC)S(=O)(=O)c1ccc(Cl)c(C(=O)OC/C(O)=C(\C#N)c2nc3ccccc3[nH]2)c1. The number of rotatable bonds is 8. The van der Waals surface area contributed by atoms with Crippen molar-refractivity contribution in [2.24, 2.45) is 0 Å². The molecule has 0 saturated heterocycles. The van der Waals surface area contributed by atoms with E-state index in [2.05, 4.69) is 9.97 Å². The summed E-state index contributed by atoms with van der Waals surface area (Å²) in [6, 6.07) is 12.6. The fraction of sp³-hybridized carbons (Fsp3) is 0.227. The van der Waals surface area contributed by atoms with E-state index >= 15 is 0 Å². The van der Waals surface area contributed by atoms with Crippen LogP contribution >= 0.6 is 11.6 Å². The van der Waals surface area contributed by atoms with Gasteiger partial charge in [-0.05, 0) is 30.3 Å². The highest BCUT2D eigenvalue weighted by atomic mass is 35.5.